The summed E-state index contributed by atoms with van der Waals surface area (Å²) in [6.07, 6.45) is 1.76. The van der Waals surface area contributed by atoms with E-state index in [4.69, 9.17) is 17.3 Å². The Morgan fingerprint density at radius 3 is 2.43 bits per heavy atom. The number of pyridine rings is 1. The van der Waals surface area contributed by atoms with Crippen LogP contribution in [0, 0.1) is 0 Å². The molecular formula is C18H19ClN4. The minimum absolute atomic E-state index is 0.0446. The summed E-state index contributed by atoms with van der Waals surface area (Å²) in [6.45, 7) is 6.36. The molecule has 0 spiro atoms. The van der Waals surface area contributed by atoms with Crippen molar-refractivity contribution in [2.24, 2.45) is 0 Å². The Morgan fingerprint density at radius 2 is 1.83 bits per heavy atom. The van der Waals surface area contributed by atoms with Crippen LogP contribution in [0.25, 0.3) is 16.8 Å². The van der Waals surface area contributed by atoms with Gasteiger partial charge in [0.15, 0.2) is 0 Å². The summed E-state index contributed by atoms with van der Waals surface area (Å²) >= 11 is 5.85. The molecule has 2 heterocycles. The molecule has 1 aromatic carbocycles. The molecule has 0 atom stereocenters. The predicted octanol–water partition coefficient (Wildman–Crippen LogP) is 4.47. The van der Waals surface area contributed by atoms with E-state index in [0.29, 0.717) is 11.0 Å². The highest BCUT2D eigenvalue weighted by Crippen LogP contribution is 2.27. The first-order valence-electron chi connectivity index (χ1n) is 7.43. The molecule has 0 unspecified atom stereocenters. The third kappa shape index (κ3) is 3.22. The highest BCUT2D eigenvalue weighted by molar-refractivity contribution is 6.29. The fourth-order valence-corrected chi connectivity index (χ4v) is 2.44. The standard InChI is InChI=1S/C18H19ClN4/c1-18(2,3)15-10-17(20)23(22-15)14-6-4-5-12(9-14)13-7-8-16(19)21-11-13/h4-11H,20H2,1-3H3. The van der Waals surface area contributed by atoms with Gasteiger partial charge in [0.1, 0.15) is 11.0 Å². The van der Waals surface area contributed by atoms with Crippen LogP contribution in [0.3, 0.4) is 0 Å². The third-order valence-electron chi connectivity index (χ3n) is 3.66. The van der Waals surface area contributed by atoms with E-state index < -0.39 is 0 Å². The van der Waals surface area contributed by atoms with Crippen molar-refractivity contribution in [1.29, 1.82) is 0 Å². The molecule has 0 aliphatic rings. The molecule has 3 aromatic rings. The second kappa shape index (κ2) is 5.70. The molecule has 0 radical (unpaired) electrons. The quantitative estimate of drug-likeness (QED) is 0.707. The predicted molar refractivity (Wildman–Crippen MR) is 94.9 cm³/mol. The summed E-state index contributed by atoms with van der Waals surface area (Å²) in [5.41, 5.74) is 10.0. The Bertz CT molecular complexity index is 829. The molecule has 0 aliphatic carbocycles. The van der Waals surface area contributed by atoms with Crippen LogP contribution in [0.4, 0.5) is 5.82 Å². The second-order valence-corrected chi connectivity index (χ2v) is 6.92. The average molecular weight is 327 g/mol. The smallest absolute Gasteiger partial charge is 0.129 e. The topological polar surface area (TPSA) is 56.7 Å². The zero-order valence-electron chi connectivity index (χ0n) is 13.4. The van der Waals surface area contributed by atoms with Gasteiger partial charge in [0.05, 0.1) is 11.4 Å². The third-order valence-corrected chi connectivity index (χ3v) is 3.88. The maximum absolute atomic E-state index is 6.15. The zero-order chi connectivity index (χ0) is 16.6. The summed E-state index contributed by atoms with van der Waals surface area (Å²) in [5, 5.41) is 5.14. The number of halogens is 1. The maximum Gasteiger partial charge on any atom is 0.129 e. The fourth-order valence-electron chi connectivity index (χ4n) is 2.33. The molecule has 0 bridgehead atoms. The number of hydrogen-bond acceptors (Lipinski definition) is 3. The van der Waals surface area contributed by atoms with Crippen LogP contribution in [-0.2, 0) is 5.41 Å². The van der Waals surface area contributed by atoms with E-state index in [0.717, 1.165) is 22.5 Å². The minimum atomic E-state index is -0.0446. The first-order chi connectivity index (χ1) is 10.8. The second-order valence-electron chi connectivity index (χ2n) is 6.54. The lowest BCUT2D eigenvalue weighted by Crippen LogP contribution is -2.12. The van der Waals surface area contributed by atoms with Crippen molar-refractivity contribution < 1.29 is 0 Å². The first-order valence-corrected chi connectivity index (χ1v) is 7.81. The molecule has 0 fully saturated rings. The number of benzene rings is 1. The normalized spacial score (nSPS) is 11.7. The Kier molecular flexibility index (Phi) is 3.86. The SMILES string of the molecule is CC(C)(C)c1cc(N)n(-c2cccc(-c3ccc(Cl)nc3)c2)n1. The zero-order valence-corrected chi connectivity index (χ0v) is 14.2. The highest BCUT2D eigenvalue weighted by Gasteiger charge is 2.19. The van der Waals surface area contributed by atoms with Gasteiger partial charge in [0.25, 0.3) is 0 Å². The lowest BCUT2D eigenvalue weighted by molar-refractivity contribution is 0.560. The van der Waals surface area contributed by atoms with Gasteiger partial charge in [-0.05, 0) is 29.8 Å². The molecule has 23 heavy (non-hydrogen) atoms. The molecule has 118 valence electrons. The number of nitrogens with two attached hydrogens (primary N) is 1. The Hall–Kier alpha value is -2.33. The van der Waals surface area contributed by atoms with E-state index >= 15 is 0 Å². The molecule has 0 saturated carbocycles. The van der Waals surface area contributed by atoms with Crippen LogP contribution in [0.1, 0.15) is 26.5 Å². The molecule has 0 saturated heterocycles. The van der Waals surface area contributed by atoms with Crippen molar-refractivity contribution in [1.82, 2.24) is 14.8 Å². The van der Waals surface area contributed by atoms with Crippen LogP contribution >= 0.6 is 11.6 Å². The lowest BCUT2D eigenvalue weighted by atomic mass is 9.92. The van der Waals surface area contributed by atoms with Crippen LogP contribution < -0.4 is 5.73 Å². The molecule has 3 rings (SSSR count). The van der Waals surface area contributed by atoms with Crippen molar-refractivity contribution in [2.45, 2.75) is 26.2 Å². The first kappa shape index (κ1) is 15.6. The van der Waals surface area contributed by atoms with Crippen LogP contribution in [0.5, 0.6) is 0 Å². The molecule has 2 N–H and O–H groups in total. The number of rotatable bonds is 2. The number of hydrogen-bond donors (Lipinski definition) is 1. The molecule has 0 amide bonds. The highest BCUT2D eigenvalue weighted by atomic mass is 35.5. The van der Waals surface area contributed by atoms with E-state index in [9.17, 15) is 0 Å². The molecule has 0 aliphatic heterocycles. The van der Waals surface area contributed by atoms with Crippen molar-refractivity contribution in [2.75, 3.05) is 5.73 Å². The minimum Gasteiger partial charge on any atom is -0.384 e. The summed E-state index contributed by atoms with van der Waals surface area (Å²) in [6, 6.07) is 13.7. The Morgan fingerprint density at radius 1 is 1.04 bits per heavy atom. The largest absolute Gasteiger partial charge is 0.384 e. The monoisotopic (exact) mass is 326 g/mol. The fraction of sp³-hybridized carbons (Fsp3) is 0.222. The summed E-state index contributed by atoms with van der Waals surface area (Å²) in [5.74, 6) is 0.626. The molecule has 4 nitrogen and oxygen atoms in total. The summed E-state index contributed by atoms with van der Waals surface area (Å²) < 4.78 is 1.77. The van der Waals surface area contributed by atoms with Crippen molar-refractivity contribution in [3.63, 3.8) is 0 Å². The van der Waals surface area contributed by atoms with Crippen molar-refractivity contribution in [3.05, 3.63) is 59.5 Å². The van der Waals surface area contributed by atoms with Gasteiger partial charge in [0.2, 0.25) is 0 Å². The van der Waals surface area contributed by atoms with E-state index in [1.165, 1.54) is 0 Å². The maximum atomic E-state index is 6.15. The van der Waals surface area contributed by atoms with Crippen molar-refractivity contribution in [3.8, 4) is 16.8 Å². The van der Waals surface area contributed by atoms with Gasteiger partial charge >= 0.3 is 0 Å². The number of nitrogens with zero attached hydrogens (tertiary/aromatic N) is 3. The average Bonchev–Trinajstić information content (AvgIpc) is 2.90. The number of aromatic nitrogens is 3. The van der Waals surface area contributed by atoms with Gasteiger partial charge in [-0.15, -0.1) is 0 Å². The molecular weight excluding hydrogens is 308 g/mol. The van der Waals surface area contributed by atoms with E-state index in [1.54, 1.807) is 16.9 Å². The van der Waals surface area contributed by atoms with Gasteiger partial charge in [-0.1, -0.05) is 44.5 Å². The van der Waals surface area contributed by atoms with Crippen LogP contribution in [0.2, 0.25) is 5.15 Å². The van der Waals surface area contributed by atoms with Crippen LogP contribution in [-0.4, -0.2) is 14.8 Å². The van der Waals surface area contributed by atoms with Gasteiger partial charge in [-0.3, -0.25) is 0 Å². The Labute approximate surface area is 140 Å². The molecule has 5 heteroatoms. The molecule has 2 aromatic heterocycles. The van der Waals surface area contributed by atoms with E-state index in [-0.39, 0.29) is 5.41 Å². The van der Waals surface area contributed by atoms with Crippen molar-refractivity contribution >= 4 is 17.4 Å². The number of nitrogen functional groups attached to an aromatic ring is 1. The van der Waals surface area contributed by atoms with Gasteiger partial charge in [0, 0.05) is 23.2 Å². The van der Waals surface area contributed by atoms with Gasteiger partial charge < -0.3 is 5.73 Å². The summed E-state index contributed by atoms with van der Waals surface area (Å²) in [4.78, 5) is 4.13. The number of anilines is 1. The lowest BCUT2D eigenvalue weighted by Gasteiger charge is -2.14. The van der Waals surface area contributed by atoms with E-state index in [1.807, 2.05) is 36.4 Å². The van der Waals surface area contributed by atoms with Crippen LogP contribution in [0.15, 0.2) is 48.7 Å². The van der Waals surface area contributed by atoms with Gasteiger partial charge in [-0.2, -0.15) is 5.10 Å². The van der Waals surface area contributed by atoms with Gasteiger partial charge in [-0.25, -0.2) is 9.67 Å². The summed E-state index contributed by atoms with van der Waals surface area (Å²) in [7, 11) is 0. The van der Waals surface area contributed by atoms with E-state index in [2.05, 4.69) is 30.9 Å². The Balaban J connectivity index is 2.03.